The molecule has 0 aliphatic carbocycles. The van der Waals surface area contributed by atoms with Crippen LogP contribution in [0.2, 0.25) is 0 Å². The second kappa shape index (κ2) is 10.2. The molecule has 0 aromatic carbocycles. The van der Waals surface area contributed by atoms with E-state index in [4.69, 9.17) is 0 Å². The van der Waals surface area contributed by atoms with Crippen molar-refractivity contribution in [3.63, 3.8) is 0 Å². The third-order valence-electron chi connectivity index (χ3n) is 3.75. The first-order valence-corrected chi connectivity index (χ1v) is 7.82. The molecule has 1 N–H and O–H groups in total. The van der Waals surface area contributed by atoms with E-state index in [1.54, 1.807) is 0 Å². The Labute approximate surface area is 118 Å². The largest absolute Gasteiger partial charge is 0.379 e. The second-order valence-electron chi connectivity index (χ2n) is 5.41. The molecular formula is C16H30N2O. The zero-order valence-electron chi connectivity index (χ0n) is 12.6. The minimum Gasteiger partial charge on any atom is -0.379 e. The first-order chi connectivity index (χ1) is 9.25. The summed E-state index contributed by atoms with van der Waals surface area (Å²) in [6, 6.07) is 0. The van der Waals surface area contributed by atoms with Crippen LogP contribution in [0.25, 0.3) is 0 Å². The van der Waals surface area contributed by atoms with E-state index in [0.29, 0.717) is 0 Å². The topological polar surface area (TPSA) is 35.8 Å². The molecule has 1 aliphatic rings. The van der Waals surface area contributed by atoms with Gasteiger partial charge in [0.25, 0.3) is 0 Å². The number of hydrogen-bond acceptors (Lipinski definition) is 3. The quantitative estimate of drug-likeness (QED) is 0.483. The van der Waals surface area contributed by atoms with Crippen molar-refractivity contribution in [3.8, 4) is 0 Å². The predicted octanol–water partition coefficient (Wildman–Crippen LogP) is 3.73. The number of aliphatic imine (C=N–C) groups is 1. The maximum atomic E-state index is 9.61. The van der Waals surface area contributed by atoms with Gasteiger partial charge < -0.3 is 5.11 Å². The zero-order valence-corrected chi connectivity index (χ0v) is 12.6. The lowest BCUT2D eigenvalue weighted by Crippen LogP contribution is -2.37. The Bertz CT molecular complexity index is 274. The molecule has 0 bridgehead atoms. The summed E-state index contributed by atoms with van der Waals surface area (Å²) in [6.45, 7) is 4.71. The van der Waals surface area contributed by atoms with Crippen LogP contribution in [-0.2, 0) is 0 Å². The lowest BCUT2D eigenvalue weighted by Gasteiger charge is -2.25. The van der Waals surface area contributed by atoms with Gasteiger partial charge in [-0.15, -0.1) is 0 Å². The van der Waals surface area contributed by atoms with Gasteiger partial charge in [-0.1, -0.05) is 37.8 Å². The molecule has 1 rings (SSSR count). The van der Waals surface area contributed by atoms with Crippen LogP contribution in [-0.4, -0.2) is 35.2 Å². The van der Waals surface area contributed by atoms with Crippen LogP contribution >= 0.6 is 0 Å². The molecule has 1 aliphatic heterocycles. The smallest absolute Gasteiger partial charge is 0.106 e. The summed E-state index contributed by atoms with van der Waals surface area (Å²) in [6.07, 6.45) is 16.4. The number of hydrogen-bond donors (Lipinski definition) is 1. The molecule has 0 saturated carbocycles. The van der Waals surface area contributed by atoms with Crippen molar-refractivity contribution in [3.05, 3.63) is 12.2 Å². The standard InChI is InChI=1S/C16H30N2O/c1-3-4-5-6-7-8-9-10-11-12-16-17-13-14-18(16)15(2)19/h3-4,13,15-16,19H,5-12,14H2,1-2H3/b4-3+. The van der Waals surface area contributed by atoms with Gasteiger partial charge in [0.1, 0.15) is 12.4 Å². The van der Waals surface area contributed by atoms with E-state index in [9.17, 15) is 5.11 Å². The van der Waals surface area contributed by atoms with Gasteiger partial charge in [0, 0.05) is 12.8 Å². The van der Waals surface area contributed by atoms with E-state index in [1.807, 2.05) is 13.1 Å². The lowest BCUT2D eigenvalue weighted by molar-refractivity contribution is 0.00710. The van der Waals surface area contributed by atoms with Crippen molar-refractivity contribution < 1.29 is 5.11 Å². The first-order valence-electron chi connectivity index (χ1n) is 7.82. The molecular weight excluding hydrogens is 236 g/mol. The van der Waals surface area contributed by atoms with E-state index in [0.717, 1.165) is 13.0 Å². The van der Waals surface area contributed by atoms with Crippen molar-refractivity contribution in [2.24, 2.45) is 4.99 Å². The van der Waals surface area contributed by atoms with E-state index in [1.165, 1.54) is 44.9 Å². The van der Waals surface area contributed by atoms with Gasteiger partial charge in [0.15, 0.2) is 0 Å². The highest BCUT2D eigenvalue weighted by Crippen LogP contribution is 2.17. The maximum Gasteiger partial charge on any atom is 0.106 e. The summed E-state index contributed by atoms with van der Waals surface area (Å²) in [4.78, 5) is 6.49. The van der Waals surface area contributed by atoms with Gasteiger partial charge >= 0.3 is 0 Å². The molecule has 3 nitrogen and oxygen atoms in total. The number of nitrogens with zero attached hydrogens (tertiary/aromatic N) is 2. The Hall–Kier alpha value is -0.670. The van der Waals surface area contributed by atoms with Gasteiger partial charge in [-0.2, -0.15) is 0 Å². The normalized spacial score (nSPS) is 21.5. The lowest BCUT2D eigenvalue weighted by atomic mass is 10.1. The maximum absolute atomic E-state index is 9.61. The molecule has 0 fully saturated rings. The Morgan fingerprint density at radius 1 is 1.26 bits per heavy atom. The van der Waals surface area contributed by atoms with Gasteiger partial charge in [0.2, 0.25) is 0 Å². The SMILES string of the molecule is C/C=C/CCCCCCCCC1N=CCN1C(C)O. The molecule has 110 valence electrons. The Kier molecular flexibility index (Phi) is 8.76. The minimum absolute atomic E-state index is 0.217. The second-order valence-corrected chi connectivity index (χ2v) is 5.41. The zero-order chi connectivity index (χ0) is 13.9. The van der Waals surface area contributed by atoms with E-state index in [2.05, 4.69) is 29.0 Å². The Morgan fingerprint density at radius 2 is 1.95 bits per heavy atom. The minimum atomic E-state index is -0.376. The highest BCUT2D eigenvalue weighted by Gasteiger charge is 2.23. The van der Waals surface area contributed by atoms with Gasteiger partial charge in [-0.05, 0) is 39.5 Å². The first kappa shape index (κ1) is 16.4. The molecule has 0 amide bonds. The highest BCUT2D eigenvalue weighted by molar-refractivity contribution is 5.62. The monoisotopic (exact) mass is 266 g/mol. The third-order valence-corrected chi connectivity index (χ3v) is 3.75. The van der Waals surface area contributed by atoms with Crippen LogP contribution < -0.4 is 0 Å². The fourth-order valence-corrected chi connectivity index (χ4v) is 2.58. The fraction of sp³-hybridized carbons (Fsp3) is 0.812. The van der Waals surface area contributed by atoms with E-state index < -0.39 is 0 Å². The highest BCUT2D eigenvalue weighted by atomic mass is 16.3. The summed E-state index contributed by atoms with van der Waals surface area (Å²) in [5.41, 5.74) is 0. The summed E-state index contributed by atoms with van der Waals surface area (Å²) < 4.78 is 0. The van der Waals surface area contributed by atoms with Crippen LogP contribution in [0.3, 0.4) is 0 Å². The molecule has 1 heterocycles. The van der Waals surface area contributed by atoms with E-state index in [-0.39, 0.29) is 12.4 Å². The number of aliphatic hydroxyl groups excluding tert-OH is 1. The number of aliphatic hydroxyl groups is 1. The van der Waals surface area contributed by atoms with E-state index >= 15 is 0 Å². The average molecular weight is 266 g/mol. The summed E-state index contributed by atoms with van der Waals surface area (Å²) in [5, 5.41) is 9.61. The molecule has 0 saturated heterocycles. The molecule has 0 aromatic heterocycles. The van der Waals surface area contributed by atoms with Gasteiger partial charge in [0.05, 0.1) is 0 Å². The van der Waals surface area contributed by atoms with Crippen LogP contribution in [0, 0.1) is 0 Å². The van der Waals surface area contributed by atoms with Crippen LogP contribution in [0.1, 0.15) is 65.2 Å². The van der Waals surface area contributed by atoms with Gasteiger partial charge in [-0.3, -0.25) is 9.89 Å². The fourth-order valence-electron chi connectivity index (χ4n) is 2.58. The summed E-state index contributed by atoms with van der Waals surface area (Å²) >= 11 is 0. The Balaban J connectivity index is 1.94. The van der Waals surface area contributed by atoms with Crippen LogP contribution in [0.5, 0.6) is 0 Å². The molecule has 0 radical (unpaired) electrons. The average Bonchev–Trinajstić information content (AvgIpc) is 2.85. The third kappa shape index (κ3) is 6.88. The predicted molar refractivity (Wildman–Crippen MR) is 82.4 cm³/mol. The number of rotatable bonds is 10. The van der Waals surface area contributed by atoms with Crippen molar-refractivity contribution in [2.75, 3.05) is 6.54 Å². The van der Waals surface area contributed by atoms with Crippen LogP contribution in [0.15, 0.2) is 17.1 Å². The summed E-state index contributed by atoms with van der Waals surface area (Å²) in [5.74, 6) is 0. The van der Waals surface area contributed by atoms with Gasteiger partial charge in [-0.25, -0.2) is 0 Å². The molecule has 2 atom stereocenters. The molecule has 19 heavy (non-hydrogen) atoms. The van der Waals surface area contributed by atoms with Crippen molar-refractivity contribution in [1.82, 2.24) is 4.90 Å². The summed E-state index contributed by atoms with van der Waals surface area (Å²) in [7, 11) is 0. The van der Waals surface area contributed by atoms with Crippen molar-refractivity contribution in [1.29, 1.82) is 0 Å². The van der Waals surface area contributed by atoms with Crippen molar-refractivity contribution >= 4 is 6.21 Å². The number of unbranched alkanes of at least 4 members (excludes halogenated alkanes) is 6. The number of allylic oxidation sites excluding steroid dienone is 2. The van der Waals surface area contributed by atoms with Crippen molar-refractivity contribution in [2.45, 2.75) is 77.6 Å². The molecule has 3 heteroatoms. The Morgan fingerprint density at radius 3 is 2.63 bits per heavy atom. The molecule has 0 spiro atoms. The molecule has 2 unspecified atom stereocenters. The molecule has 0 aromatic rings. The van der Waals surface area contributed by atoms with Crippen LogP contribution in [0.4, 0.5) is 0 Å².